The topological polar surface area (TPSA) is 38.5 Å². The van der Waals surface area contributed by atoms with Gasteiger partial charge in [-0.25, -0.2) is 0 Å². The van der Waals surface area contributed by atoms with Gasteiger partial charge in [0.05, 0.1) is 7.11 Å². The number of rotatable bonds is 6. The van der Waals surface area contributed by atoms with Gasteiger partial charge in [0.15, 0.2) is 0 Å². The van der Waals surface area contributed by atoms with Crippen LogP contribution in [0.15, 0.2) is 24.3 Å². The van der Waals surface area contributed by atoms with Crippen LogP contribution >= 0.6 is 0 Å². The lowest BCUT2D eigenvalue weighted by molar-refractivity contribution is 0.126. The minimum atomic E-state index is -0.206. The van der Waals surface area contributed by atoms with E-state index in [2.05, 4.69) is 45.7 Å². The molecular weight excluding hydrogens is 236 g/mol. The van der Waals surface area contributed by atoms with Crippen molar-refractivity contribution in [1.82, 2.24) is 4.90 Å². The highest BCUT2D eigenvalue weighted by Crippen LogP contribution is 2.30. The second-order valence-corrected chi connectivity index (χ2v) is 6.59. The number of nitrogens with zero attached hydrogens (tertiary/aromatic N) is 1. The molecule has 2 N–H and O–H groups in total. The van der Waals surface area contributed by atoms with Crippen LogP contribution in [-0.4, -0.2) is 31.1 Å². The van der Waals surface area contributed by atoms with E-state index in [4.69, 9.17) is 10.5 Å². The summed E-state index contributed by atoms with van der Waals surface area (Å²) in [6, 6.07) is 8.15. The molecule has 0 unspecified atom stereocenters. The summed E-state index contributed by atoms with van der Waals surface area (Å²) in [6.07, 6.45) is 0. The van der Waals surface area contributed by atoms with E-state index in [1.54, 1.807) is 7.11 Å². The van der Waals surface area contributed by atoms with Gasteiger partial charge in [-0.1, -0.05) is 32.0 Å². The molecule has 0 aliphatic rings. The van der Waals surface area contributed by atoms with Gasteiger partial charge >= 0.3 is 0 Å². The molecule has 108 valence electrons. The number of hydrogen-bond donors (Lipinski definition) is 1. The lowest BCUT2D eigenvalue weighted by Crippen LogP contribution is -2.52. The lowest BCUT2D eigenvalue weighted by atomic mass is 9.75. The first-order valence-corrected chi connectivity index (χ1v) is 6.77. The van der Waals surface area contributed by atoms with Gasteiger partial charge in [-0.3, -0.25) is 0 Å². The third-order valence-electron chi connectivity index (χ3n) is 4.04. The summed E-state index contributed by atoms with van der Waals surface area (Å²) in [6.45, 7) is 10.4. The molecule has 0 atom stereocenters. The van der Waals surface area contributed by atoms with E-state index in [0.717, 1.165) is 18.8 Å². The van der Waals surface area contributed by atoms with Gasteiger partial charge in [-0.05, 0) is 32.4 Å². The third kappa shape index (κ3) is 4.22. The molecule has 0 fully saturated rings. The Bertz CT molecular complexity index is 407. The smallest absolute Gasteiger partial charge is 0.123 e. The molecule has 0 aromatic heterocycles. The fourth-order valence-electron chi connectivity index (χ4n) is 2.06. The van der Waals surface area contributed by atoms with Crippen molar-refractivity contribution in [3.63, 3.8) is 0 Å². The summed E-state index contributed by atoms with van der Waals surface area (Å²) in [5.74, 6) is 0.944. The predicted molar refractivity (Wildman–Crippen MR) is 81.4 cm³/mol. The van der Waals surface area contributed by atoms with Crippen LogP contribution in [0.4, 0.5) is 0 Å². The van der Waals surface area contributed by atoms with Gasteiger partial charge in [-0.15, -0.1) is 0 Å². The molecule has 3 heteroatoms. The maximum atomic E-state index is 6.26. The molecule has 0 aliphatic carbocycles. The second kappa shape index (κ2) is 5.93. The first-order valence-electron chi connectivity index (χ1n) is 6.77. The van der Waals surface area contributed by atoms with Gasteiger partial charge in [0, 0.05) is 24.2 Å². The molecule has 0 radical (unpaired) electrons. The minimum absolute atomic E-state index is 0.0454. The number of para-hydroxylation sites is 1. The van der Waals surface area contributed by atoms with E-state index in [0.29, 0.717) is 0 Å². The van der Waals surface area contributed by atoms with E-state index < -0.39 is 0 Å². The molecule has 0 saturated heterocycles. The summed E-state index contributed by atoms with van der Waals surface area (Å²) >= 11 is 0. The van der Waals surface area contributed by atoms with Crippen molar-refractivity contribution < 1.29 is 4.74 Å². The molecule has 1 aromatic rings. The monoisotopic (exact) mass is 264 g/mol. The summed E-state index contributed by atoms with van der Waals surface area (Å²) < 4.78 is 5.39. The Labute approximate surface area is 117 Å². The maximum absolute atomic E-state index is 6.26. The average molecular weight is 264 g/mol. The highest BCUT2D eigenvalue weighted by Gasteiger charge is 2.34. The van der Waals surface area contributed by atoms with Crippen LogP contribution in [0, 0.1) is 5.41 Å². The van der Waals surface area contributed by atoms with Crippen LogP contribution in [-0.2, 0) is 6.54 Å². The lowest BCUT2D eigenvalue weighted by Gasteiger charge is -2.41. The first kappa shape index (κ1) is 16.0. The van der Waals surface area contributed by atoms with E-state index in [1.807, 2.05) is 18.2 Å². The number of methoxy groups -OCH3 is 1. The number of hydrogen-bond acceptors (Lipinski definition) is 3. The van der Waals surface area contributed by atoms with Gasteiger partial charge in [0.1, 0.15) is 5.75 Å². The van der Waals surface area contributed by atoms with Crippen molar-refractivity contribution in [2.24, 2.45) is 11.1 Å². The molecule has 0 spiro atoms. The van der Waals surface area contributed by atoms with Crippen molar-refractivity contribution in [2.75, 3.05) is 20.7 Å². The SMILES string of the molecule is COc1ccccc1CN(C)CC(C)(C)C(C)(C)N. The fraction of sp³-hybridized carbons (Fsp3) is 0.625. The van der Waals surface area contributed by atoms with E-state index >= 15 is 0 Å². The molecule has 0 saturated carbocycles. The highest BCUT2D eigenvalue weighted by atomic mass is 16.5. The Hall–Kier alpha value is -1.06. The van der Waals surface area contributed by atoms with E-state index in [-0.39, 0.29) is 11.0 Å². The van der Waals surface area contributed by atoms with Crippen molar-refractivity contribution in [1.29, 1.82) is 0 Å². The van der Waals surface area contributed by atoms with Gasteiger partial charge < -0.3 is 15.4 Å². The number of nitrogens with two attached hydrogens (primary N) is 1. The van der Waals surface area contributed by atoms with Gasteiger partial charge in [0.25, 0.3) is 0 Å². The predicted octanol–water partition coefficient (Wildman–Crippen LogP) is 2.89. The molecular formula is C16H28N2O. The molecule has 0 amide bonds. The van der Waals surface area contributed by atoms with Crippen LogP contribution in [0.2, 0.25) is 0 Å². The Kier molecular flexibility index (Phi) is 4.99. The summed E-state index contributed by atoms with van der Waals surface area (Å²) in [7, 11) is 3.84. The largest absolute Gasteiger partial charge is 0.496 e. The Balaban J connectivity index is 2.73. The Morgan fingerprint density at radius 2 is 1.74 bits per heavy atom. The van der Waals surface area contributed by atoms with Crippen molar-refractivity contribution in [3.05, 3.63) is 29.8 Å². The summed E-state index contributed by atoms with van der Waals surface area (Å²) in [5.41, 5.74) is 7.31. The standard InChI is InChI=1S/C16H28N2O/c1-15(2,16(3,4)17)12-18(5)11-13-9-7-8-10-14(13)19-6/h7-10H,11-12,17H2,1-6H3. The van der Waals surface area contributed by atoms with Crippen LogP contribution in [0.5, 0.6) is 5.75 Å². The first-order chi connectivity index (χ1) is 8.67. The molecule has 1 rings (SSSR count). The van der Waals surface area contributed by atoms with Crippen molar-refractivity contribution in [3.8, 4) is 5.75 Å². The summed E-state index contributed by atoms with van der Waals surface area (Å²) in [4.78, 5) is 2.30. The number of ether oxygens (including phenoxy) is 1. The molecule has 19 heavy (non-hydrogen) atoms. The molecule has 0 heterocycles. The summed E-state index contributed by atoms with van der Waals surface area (Å²) in [5, 5.41) is 0. The molecule has 1 aromatic carbocycles. The minimum Gasteiger partial charge on any atom is -0.496 e. The van der Waals surface area contributed by atoms with Crippen LogP contribution in [0.1, 0.15) is 33.3 Å². The Morgan fingerprint density at radius 3 is 2.26 bits per heavy atom. The van der Waals surface area contributed by atoms with Crippen molar-refractivity contribution >= 4 is 0 Å². The van der Waals surface area contributed by atoms with Gasteiger partial charge in [-0.2, -0.15) is 0 Å². The zero-order chi connectivity index (χ0) is 14.7. The zero-order valence-electron chi connectivity index (χ0n) is 13.2. The van der Waals surface area contributed by atoms with Crippen LogP contribution in [0.3, 0.4) is 0 Å². The van der Waals surface area contributed by atoms with Crippen LogP contribution in [0.25, 0.3) is 0 Å². The normalized spacial score (nSPS) is 12.8. The van der Waals surface area contributed by atoms with E-state index in [1.165, 1.54) is 5.56 Å². The molecule has 3 nitrogen and oxygen atoms in total. The third-order valence-corrected chi connectivity index (χ3v) is 4.04. The number of benzene rings is 1. The average Bonchev–Trinajstić information content (AvgIpc) is 2.27. The second-order valence-electron chi connectivity index (χ2n) is 6.59. The fourth-order valence-corrected chi connectivity index (χ4v) is 2.06. The quantitative estimate of drug-likeness (QED) is 0.858. The van der Waals surface area contributed by atoms with Crippen LogP contribution < -0.4 is 10.5 Å². The maximum Gasteiger partial charge on any atom is 0.123 e. The van der Waals surface area contributed by atoms with Gasteiger partial charge in [0.2, 0.25) is 0 Å². The highest BCUT2D eigenvalue weighted by molar-refractivity contribution is 5.33. The van der Waals surface area contributed by atoms with E-state index in [9.17, 15) is 0 Å². The molecule has 0 aliphatic heterocycles. The molecule has 0 bridgehead atoms. The zero-order valence-corrected chi connectivity index (χ0v) is 13.2. The van der Waals surface area contributed by atoms with Crippen molar-refractivity contribution in [2.45, 2.75) is 39.8 Å². The Morgan fingerprint density at radius 1 is 1.16 bits per heavy atom.